The van der Waals surface area contributed by atoms with Crippen LogP contribution in [-0.4, -0.2) is 5.78 Å². The van der Waals surface area contributed by atoms with Gasteiger partial charge >= 0.3 is 0 Å². The summed E-state index contributed by atoms with van der Waals surface area (Å²) >= 11 is 3.44. The molecule has 4 aromatic rings. The molecule has 0 heterocycles. The van der Waals surface area contributed by atoms with Gasteiger partial charge in [-0.25, -0.2) is 0 Å². The van der Waals surface area contributed by atoms with Gasteiger partial charge in [-0.3, -0.25) is 4.79 Å². The molecule has 0 aliphatic rings. The number of halogens is 1. The zero-order chi connectivity index (χ0) is 17.2. The minimum Gasteiger partial charge on any atom is -0.289 e. The van der Waals surface area contributed by atoms with Crippen LogP contribution in [0, 0.1) is 0 Å². The highest BCUT2D eigenvalue weighted by atomic mass is 79.9. The Bertz CT molecular complexity index is 1070. The van der Waals surface area contributed by atoms with Crippen molar-refractivity contribution in [3.8, 4) is 11.1 Å². The molecule has 0 radical (unpaired) electrons. The number of fused-ring (bicyclic) bond motifs is 1. The van der Waals surface area contributed by atoms with Crippen LogP contribution in [0.4, 0.5) is 0 Å². The first-order valence-corrected chi connectivity index (χ1v) is 8.91. The molecule has 1 nitrogen and oxygen atoms in total. The van der Waals surface area contributed by atoms with Crippen molar-refractivity contribution >= 4 is 32.5 Å². The second-order valence-electron chi connectivity index (χ2n) is 5.91. The van der Waals surface area contributed by atoms with Crippen molar-refractivity contribution in [2.45, 2.75) is 0 Å². The predicted octanol–water partition coefficient (Wildman–Crippen LogP) is 6.50. The average Bonchev–Trinajstić information content (AvgIpc) is 2.67. The van der Waals surface area contributed by atoms with Gasteiger partial charge in [0, 0.05) is 15.6 Å². The number of hydrogen-bond acceptors (Lipinski definition) is 1. The normalized spacial score (nSPS) is 10.8. The van der Waals surface area contributed by atoms with Gasteiger partial charge < -0.3 is 0 Å². The van der Waals surface area contributed by atoms with Crippen molar-refractivity contribution in [2.24, 2.45) is 0 Å². The van der Waals surface area contributed by atoms with Gasteiger partial charge in [0.1, 0.15) is 0 Å². The summed E-state index contributed by atoms with van der Waals surface area (Å²) in [5.74, 6) is 0.0390. The smallest absolute Gasteiger partial charge is 0.193 e. The highest BCUT2D eigenvalue weighted by Crippen LogP contribution is 2.31. The Kier molecular flexibility index (Phi) is 4.21. The third kappa shape index (κ3) is 3.01. The molecule has 2 heteroatoms. The van der Waals surface area contributed by atoms with Crippen molar-refractivity contribution in [1.82, 2.24) is 0 Å². The van der Waals surface area contributed by atoms with Crippen LogP contribution < -0.4 is 0 Å². The summed E-state index contributed by atoms with van der Waals surface area (Å²) in [6.07, 6.45) is 0. The van der Waals surface area contributed by atoms with E-state index in [1.165, 1.54) is 0 Å². The second-order valence-corrected chi connectivity index (χ2v) is 6.83. The van der Waals surface area contributed by atoms with Crippen LogP contribution in [0.1, 0.15) is 15.9 Å². The molecule has 0 amide bonds. The molecule has 0 aliphatic heterocycles. The summed E-state index contributed by atoms with van der Waals surface area (Å²) in [5.41, 5.74) is 3.71. The molecule has 0 unspecified atom stereocenters. The number of ketones is 1. The van der Waals surface area contributed by atoms with E-state index in [9.17, 15) is 4.79 Å². The molecule has 25 heavy (non-hydrogen) atoms. The summed E-state index contributed by atoms with van der Waals surface area (Å²) in [4.78, 5) is 13.0. The van der Waals surface area contributed by atoms with Crippen LogP contribution in [0.15, 0.2) is 95.5 Å². The Balaban J connectivity index is 1.91. The van der Waals surface area contributed by atoms with E-state index < -0.39 is 0 Å². The fourth-order valence-electron chi connectivity index (χ4n) is 3.16. The average molecular weight is 387 g/mol. The quantitative estimate of drug-likeness (QED) is 0.367. The van der Waals surface area contributed by atoms with Crippen LogP contribution in [0.3, 0.4) is 0 Å². The number of rotatable bonds is 3. The Morgan fingerprint density at radius 3 is 2.20 bits per heavy atom. The first kappa shape index (κ1) is 15.8. The molecule has 0 saturated carbocycles. The molecular weight excluding hydrogens is 372 g/mol. The van der Waals surface area contributed by atoms with Gasteiger partial charge in [0.05, 0.1) is 0 Å². The van der Waals surface area contributed by atoms with E-state index in [-0.39, 0.29) is 5.78 Å². The van der Waals surface area contributed by atoms with E-state index in [2.05, 4.69) is 40.2 Å². The monoisotopic (exact) mass is 386 g/mol. The lowest BCUT2D eigenvalue weighted by molar-refractivity contribution is 0.104. The fraction of sp³-hybridized carbons (Fsp3) is 0. The van der Waals surface area contributed by atoms with Gasteiger partial charge in [-0.15, -0.1) is 0 Å². The molecule has 0 spiro atoms. The van der Waals surface area contributed by atoms with Gasteiger partial charge in [-0.05, 0) is 34.0 Å². The Labute approximate surface area is 155 Å². The summed E-state index contributed by atoms with van der Waals surface area (Å²) in [5, 5.41) is 2.07. The molecule has 0 bridgehead atoms. The molecule has 0 aliphatic carbocycles. The van der Waals surface area contributed by atoms with Crippen LogP contribution >= 0.6 is 15.9 Å². The van der Waals surface area contributed by atoms with Crippen LogP contribution in [0.25, 0.3) is 21.9 Å². The first-order chi connectivity index (χ1) is 12.2. The van der Waals surface area contributed by atoms with E-state index in [0.29, 0.717) is 5.56 Å². The van der Waals surface area contributed by atoms with Crippen LogP contribution in [0.2, 0.25) is 0 Å². The van der Waals surface area contributed by atoms with E-state index in [1.54, 1.807) is 0 Å². The Morgan fingerprint density at radius 1 is 0.680 bits per heavy atom. The van der Waals surface area contributed by atoms with Crippen molar-refractivity contribution in [1.29, 1.82) is 0 Å². The molecule has 120 valence electrons. The molecule has 0 saturated heterocycles. The van der Waals surface area contributed by atoms with Crippen LogP contribution in [-0.2, 0) is 0 Å². The highest BCUT2D eigenvalue weighted by molar-refractivity contribution is 9.10. The molecule has 4 rings (SSSR count). The van der Waals surface area contributed by atoms with Gasteiger partial charge in [0.15, 0.2) is 5.78 Å². The van der Waals surface area contributed by atoms with Gasteiger partial charge in [-0.1, -0.05) is 94.8 Å². The van der Waals surface area contributed by atoms with Gasteiger partial charge in [0.2, 0.25) is 0 Å². The zero-order valence-corrected chi connectivity index (χ0v) is 15.0. The number of carbonyl (C=O) groups excluding carboxylic acids is 1. The summed E-state index contributed by atoms with van der Waals surface area (Å²) in [6, 6.07) is 29.9. The van der Waals surface area contributed by atoms with E-state index >= 15 is 0 Å². The maximum atomic E-state index is 13.0. The minimum atomic E-state index is 0.0390. The fourth-order valence-corrected chi connectivity index (χ4v) is 3.56. The number of carbonyl (C=O) groups is 1. The minimum absolute atomic E-state index is 0.0390. The first-order valence-electron chi connectivity index (χ1n) is 8.11. The lowest BCUT2D eigenvalue weighted by Crippen LogP contribution is -2.02. The lowest BCUT2D eigenvalue weighted by atomic mass is 9.92. The number of benzene rings is 4. The van der Waals surface area contributed by atoms with Crippen molar-refractivity contribution < 1.29 is 4.79 Å². The SMILES string of the molecule is O=C(c1cccc(Br)c1)c1cccc2c(-c3ccccc3)cccc12. The summed E-state index contributed by atoms with van der Waals surface area (Å²) < 4.78 is 0.906. The van der Waals surface area contributed by atoms with Crippen molar-refractivity contribution in [2.75, 3.05) is 0 Å². The third-order valence-corrected chi connectivity index (χ3v) is 4.83. The topological polar surface area (TPSA) is 17.1 Å². The number of hydrogen-bond donors (Lipinski definition) is 0. The van der Waals surface area contributed by atoms with Gasteiger partial charge in [0.25, 0.3) is 0 Å². The molecular formula is C23H15BrO. The molecule has 0 fully saturated rings. The Hall–Kier alpha value is -2.71. The maximum absolute atomic E-state index is 13.0. The Morgan fingerprint density at radius 2 is 1.40 bits per heavy atom. The molecule has 0 aromatic heterocycles. The van der Waals surface area contributed by atoms with E-state index in [1.807, 2.05) is 66.7 Å². The summed E-state index contributed by atoms with van der Waals surface area (Å²) in [6.45, 7) is 0. The molecule has 4 aromatic carbocycles. The van der Waals surface area contributed by atoms with E-state index in [0.717, 1.165) is 31.9 Å². The predicted molar refractivity (Wildman–Crippen MR) is 107 cm³/mol. The molecule has 0 atom stereocenters. The standard InChI is InChI=1S/C23H15BrO/c24-18-10-4-9-17(15-18)23(25)22-14-6-12-20-19(11-5-13-21(20)22)16-7-2-1-3-8-16/h1-15H. The molecule has 0 N–H and O–H groups in total. The largest absolute Gasteiger partial charge is 0.289 e. The van der Waals surface area contributed by atoms with Crippen molar-refractivity contribution in [3.63, 3.8) is 0 Å². The summed E-state index contributed by atoms with van der Waals surface area (Å²) in [7, 11) is 0. The van der Waals surface area contributed by atoms with Crippen molar-refractivity contribution in [3.05, 3.63) is 107 Å². The maximum Gasteiger partial charge on any atom is 0.193 e. The zero-order valence-electron chi connectivity index (χ0n) is 13.4. The van der Waals surface area contributed by atoms with Crippen LogP contribution in [0.5, 0.6) is 0 Å². The second kappa shape index (κ2) is 6.66. The lowest BCUT2D eigenvalue weighted by Gasteiger charge is -2.11. The highest BCUT2D eigenvalue weighted by Gasteiger charge is 2.14. The van der Waals surface area contributed by atoms with E-state index in [4.69, 9.17) is 0 Å². The van der Waals surface area contributed by atoms with Gasteiger partial charge in [-0.2, -0.15) is 0 Å². The third-order valence-electron chi connectivity index (χ3n) is 4.34.